The molecule has 0 fully saturated rings. The van der Waals surface area contributed by atoms with Gasteiger partial charge in [-0.15, -0.1) is 10.2 Å². The molecule has 0 unspecified atom stereocenters. The van der Waals surface area contributed by atoms with Crippen LogP contribution in [0.5, 0.6) is 0 Å². The molecule has 0 bridgehead atoms. The van der Waals surface area contributed by atoms with Gasteiger partial charge in [0.15, 0.2) is 11.5 Å². The lowest BCUT2D eigenvalue weighted by atomic mass is 10.1. The van der Waals surface area contributed by atoms with Crippen molar-refractivity contribution in [2.75, 3.05) is 5.32 Å². The van der Waals surface area contributed by atoms with E-state index in [1.165, 1.54) is 0 Å². The van der Waals surface area contributed by atoms with Crippen LogP contribution in [0.25, 0.3) is 5.65 Å². The number of hydrogen-bond acceptors (Lipinski definition) is 4. The van der Waals surface area contributed by atoms with Gasteiger partial charge >= 0.3 is 0 Å². The zero-order chi connectivity index (χ0) is 20.2. The summed E-state index contributed by atoms with van der Waals surface area (Å²) in [6.45, 7) is 2.30. The first-order valence-electron chi connectivity index (χ1n) is 9.26. The van der Waals surface area contributed by atoms with Crippen LogP contribution in [-0.4, -0.2) is 20.5 Å². The SMILES string of the molecule is Cc1ccc(NC(=O)[C@H](NCc2nnc3ccccn23)c2ccccc2)cc1Cl. The standard InChI is InChI=1S/C22H20ClN5O/c1-15-10-11-17(13-18(15)23)25-22(29)21(16-7-3-2-4-8-16)24-14-20-27-26-19-9-5-6-12-28(19)20/h2-13,21,24H,14H2,1H3,(H,25,29)/t21-/m1/s1. The molecule has 2 heterocycles. The van der Waals surface area contributed by atoms with Crippen LogP contribution >= 0.6 is 11.6 Å². The molecule has 1 atom stereocenters. The molecule has 7 heteroatoms. The molecule has 4 aromatic rings. The van der Waals surface area contributed by atoms with Crippen molar-refractivity contribution in [2.24, 2.45) is 0 Å². The van der Waals surface area contributed by atoms with Crippen molar-refractivity contribution in [3.8, 4) is 0 Å². The van der Waals surface area contributed by atoms with E-state index in [4.69, 9.17) is 11.6 Å². The number of nitrogens with one attached hydrogen (secondary N) is 2. The minimum absolute atomic E-state index is 0.176. The molecule has 2 N–H and O–H groups in total. The van der Waals surface area contributed by atoms with Gasteiger partial charge in [-0.2, -0.15) is 0 Å². The fourth-order valence-corrected chi connectivity index (χ4v) is 3.28. The molecule has 0 radical (unpaired) electrons. The molecule has 2 aromatic carbocycles. The maximum absolute atomic E-state index is 13.1. The predicted octanol–water partition coefficient (Wildman–Crippen LogP) is 4.16. The van der Waals surface area contributed by atoms with Crippen LogP contribution in [0.3, 0.4) is 0 Å². The lowest BCUT2D eigenvalue weighted by Crippen LogP contribution is -2.33. The van der Waals surface area contributed by atoms with Crippen molar-refractivity contribution >= 4 is 28.8 Å². The summed E-state index contributed by atoms with van der Waals surface area (Å²) in [5.74, 6) is 0.553. The van der Waals surface area contributed by atoms with E-state index in [9.17, 15) is 4.79 Å². The maximum Gasteiger partial charge on any atom is 0.246 e. The molecule has 0 saturated heterocycles. The number of fused-ring (bicyclic) bond motifs is 1. The van der Waals surface area contributed by atoms with E-state index in [1.54, 1.807) is 6.07 Å². The Morgan fingerprint density at radius 2 is 1.86 bits per heavy atom. The molecule has 1 amide bonds. The van der Waals surface area contributed by atoms with Gasteiger partial charge in [-0.05, 0) is 42.3 Å². The number of pyridine rings is 1. The molecule has 4 rings (SSSR count). The monoisotopic (exact) mass is 405 g/mol. The van der Waals surface area contributed by atoms with Crippen molar-refractivity contribution in [3.63, 3.8) is 0 Å². The van der Waals surface area contributed by atoms with Crippen LogP contribution in [-0.2, 0) is 11.3 Å². The molecule has 0 aliphatic rings. The van der Waals surface area contributed by atoms with Crippen LogP contribution in [0, 0.1) is 6.92 Å². The van der Waals surface area contributed by atoms with E-state index >= 15 is 0 Å². The van der Waals surface area contributed by atoms with Gasteiger partial charge in [0, 0.05) is 16.9 Å². The van der Waals surface area contributed by atoms with E-state index in [1.807, 2.05) is 78.2 Å². The number of aromatic nitrogens is 3. The van der Waals surface area contributed by atoms with E-state index in [0.29, 0.717) is 17.3 Å². The highest BCUT2D eigenvalue weighted by molar-refractivity contribution is 6.31. The number of anilines is 1. The Bertz CT molecular complexity index is 1140. The minimum Gasteiger partial charge on any atom is -0.324 e. The number of hydrogen-bond donors (Lipinski definition) is 2. The van der Waals surface area contributed by atoms with E-state index < -0.39 is 6.04 Å². The molecule has 2 aromatic heterocycles. The van der Waals surface area contributed by atoms with Crippen molar-refractivity contribution in [3.05, 3.63) is 94.9 Å². The smallest absolute Gasteiger partial charge is 0.246 e. The van der Waals surface area contributed by atoms with Gasteiger partial charge in [0.25, 0.3) is 0 Å². The first-order valence-corrected chi connectivity index (χ1v) is 9.63. The summed E-state index contributed by atoms with van der Waals surface area (Å²) in [5, 5.41) is 15.3. The summed E-state index contributed by atoms with van der Waals surface area (Å²) in [4.78, 5) is 13.1. The van der Waals surface area contributed by atoms with Crippen molar-refractivity contribution in [2.45, 2.75) is 19.5 Å². The number of carbonyl (C=O) groups excluding carboxylic acids is 1. The number of rotatable bonds is 6. The fourth-order valence-electron chi connectivity index (χ4n) is 3.10. The molecule has 6 nitrogen and oxygen atoms in total. The number of carbonyl (C=O) groups is 1. The summed E-state index contributed by atoms with van der Waals surface area (Å²) < 4.78 is 1.90. The molecule has 29 heavy (non-hydrogen) atoms. The maximum atomic E-state index is 13.1. The molecular formula is C22H20ClN5O. The third-order valence-electron chi connectivity index (χ3n) is 4.68. The molecular weight excluding hydrogens is 386 g/mol. The van der Waals surface area contributed by atoms with Crippen LogP contribution in [0.15, 0.2) is 72.9 Å². The van der Waals surface area contributed by atoms with Crippen molar-refractivity contribution in [1.29, 1.82) is 0 Å². The first-order chi connectivity index (χ1) is 14.1. The average Bonchev–Trinajstić information content (AvgIpc) is 3.15. The summed E-state index contributed by atoms with van der Waals surface area (Å²) in [6.07, 6.45) is 1.90. The van der Waals surface area contributed by atoms with E-state index in [-0.39, 0.29) is 5.91 Å². The van der Waals surface area contributed by atoms with Gasteiger partial charge in [-0.25, -0.2) is 0 Å². The van der Waals surface area contributed by atoms with E-state index in [0.717, 1.165) is 22.6 Å². The zero-order valence-electron chi connectivity index (χ0n) is 15.8. The average molecular weight is 406 g/mol. The van der Waals surface area contributed by atoms with Gasteiger partial charge in [-0.3, -0.25) is 14.5 Å². The Morgan fingerprint density at radius 3 is 2.66 bits per heavy atom. The summed E-state index contributed by atoms with van der Waals surface area (Å²) in [7, 11) is 0. The quantitative estimate of drug-likeness (QED) is 0.505. The van der Waals surface area contributed by atoms with Gasteiger partial charge in [0.1, 0.15) is 6.04 Å². The van der Waals surface area contributed by atoms with Gasteiger partial charge in [0.05, 0.1) is 6.54 Å². The van der Waals surface area contributed by atoms with Crippen LogP contribution in [0.4, 0.5) is 5.69 Å². The fraction of sp³-hybridized carbons (Fsp3) is 0.136. The first kappa shape index (κ1) is 19.1. The second-order valence-corrected chi connectivity index (χ2v) is 7.13. The number of aryl methyl sites for hydroxylation is 1. The van der Waals surface area contributed by atoms with Gasteiger partial charge in [-0.1, -0.05) is 54.1 Å². The highest BCUT2D eigenvalue weighted by Crippen LogP contribution is 2.22. The van der Waals surface area contributed by atoms with Crippen LogP contribution in [0.2, 0.25) is 5.02 Å². The molecule has 0 saturated carbocycles. The minimum atomic E-state index is -0.563. The zero-order valence-corrected chi connectivity index (χ0v) is 16.6. The van der Waals surface area contributed by atoms with Crippen LogP contribution in [0.1, 0.15) is 23.0 Å². The van der Waals surface area contributed by atoms with Gasteiger partial charge in [0.2, 0.25) is 5.91 Å². The van der Waals surface area contributed by atoms with Crippen molar-refractivity contribution < 1.29 is 4.79 Å². The molecule has 0 aliphatic heterocycles. The summed E-state index contributed by atoms with van der Waals surface area (Å²) in [6, 6.07) is 20.2. The number of halogens is 1. The van der Waals surface area contributed by atoms with Crippen molar-refractivity contribution in [1.82, 2.24) is 19.9 Å². The Balaban J connectivity index is 1.56. The molecule has 0 spiro atoms. The number of nitrogens with zero attached hydrogens (tertiary/aromatic N) is 3. The third-order valence-corrected chi connectivity index (χ3v) is 5.09. The number of amides is 1. The van der Waals surface area contributed by atoms with Crippen LogP contribution < -0.4 is 10.6 Å². The Hall–Kier alpha value is -3.22. The summed E-state index contributed by atoms with van der Waals surface area (Å²) >= 11 is 6.19. The normalized spacial score (nSPS) is 12.1. The highest BCUT2D eigenvalue weighted by Gasteiger charge is 2.21. The Kier molecular flexibility index (Phi) is 5.55. The Morgan fingerprint density at radius 1 is 1.07 bits per heavy atom. The predicted molar refractivity (Wildman–Crippen MR) is 114 cm³/mol. The number of benzene rings is 2. The molecule has 0 aliphatic carbocycles. The molecule has 146 valence electrons. The largest absolute Gasteiger partial charge is 0.324 e. The summed E-state index contributed by atoms with van der Waals surface area (Å²) in [5.41, 5.74) is 3.23. The van der Waals surface area contributed by atoms with E-state index in [2.05, 4.69) is 20.8 Å². The second kappa shape index (κ2) is 8.43. The van der Waals surface area contributed by atoms with Gasteiger partial charge < -0.3 is 5.32 Å². The Labute approximate surface area is 173 Å². The third kappa shape index (κ3) is 4.29. The second-order valence-electron chi connectivity index (χ2n) is 6.72. The lowest BCUT2D eigenvalue weighted by molar-refractivity contribution is -0.118. The highest BCUT2D eigenvalue weighted by atomic mass is 35.5. The lowest BCUT2D eigenvalue weighted by Gasteiger charge is -2.19. The topological polar surface area (TPSA) is 71.3 Å².